The molecule has 100 valence electrons. The summed E-state index contributed by atoms with van der Waals surface area (Å²) in [6, 6.07) is 12.4. The van der Waals surface area contributed by atoms with Crippen LogP contribution in [-0.4, -0.2) is 5.88 Å². The van der Waals surface area contributed by atoms with Gasteiger partial charge in [-0.15, -0.1) is 11.6 Å². The molecule has 2 aromatic carbocycles. The third-order valence-electron chi connectivity index (χ3n) is 2.97. The summed E-state index contributed by atoms with van der Waals surface area (Å²) in [5.74, 6) is 0.143. The van der Waals surface area contributed by atoms with Crippen molar-refractivity contribution in [3.8, 4) is 0 Å². The van der Waals surface area contributed by atoms with E-state index in [1.54, 1.807) is 6.07 Å². The first-order valence-electron chi connectivity index (χ1n) is 5.85. The average Bonchev–Trinajstić information content (AvgIpc) is 2.40. The Hall–Kier alpha value is -0.760. The van der Waals surface area contributed by atoms with Gasteiger partial charge in [0.05, 0.1) is 5.02 Å². The van der Waals surface area contributed by atoms with Crippen molar-refractivity contribution < 1.29 is 4.39 Å². The van der Waals surface area contributed by atoms with E-state index in [-0.39, 0.29) is 10.9 Å². The molecule has 0 aliphatic carbocycles. The number of hydrogen-bond acceptors (Lipinski definition) is 0. The molecule has 0 saturated carbocycles. The van der Waals surface area contributed by atoms with Crippen LogP contribution < -0.4 is 0 Å². The van der Waals surface area contributed by atoms with Crippen LogP contribution in [0.15, 0.2) is 42.5 Å². The minimum absolute atomic E-state index is 0.0981. The molecule has 0 saturated heterocycles. The van der Waals surface area contributed by atoms with Gasteiger partial charge in [-0.3, -0.25) is 0 Å². The Morgan fingerprint density at radius 3 is 2.47 bits per heavy atom. The SMILES string of the molecule is Fc1cc(CC(CCl)c2cccc(Cl)c2)ccc1Cl. The topological polar surface area (TPSA) is 0 Å². The van der Waals surface area contributed by atoms with E-state index in [0.717, 1.165) is 11.1 Å². The molecular weight excluding hydrogens is 306 g/mol. The maximum atomic E-state index is 13.4. The number of rotatable bonds is 4. The molecule has 1 atom stereocenters. The molecule has 0 aliphatic rings. The second kappa shape index (κ2) is 6.60. The predicted molar refractivity (Wildman–Crippen MR) is 80.0 cm³/mol. The van der Waals surface area contributed by atoms with E-state index in [9.17, 15) is 4.39 Å². The van der Waals surface area contributed by atoms with Crippen LogP contribution in [0.3, 0.4) is 0 Å². The predicted octanol–water partition coefficient (Wildman–Crippen LogP) is 5.70. The molecule has 0 spiro atoms. The van der Waals surface area contributed by atoms with Gasteiger partial charge in [0.2, 0.25) is 0 Å². The van der Waals surface area contributed by atoms with Crippen molar-refractivity contribution in [2.24, 2.45) is 0 Å². The van der Waals surface area contributed by atoms with Gasteiger partial charge >= 0.3 is 0 Å². The lowest BCUT2D eigenvalue weighted by atomic mass is 9.93. The van der Waals surface area contributed by atoms with Crippen LogP contribution >= 0.6 is 34.8 Å². The van der Waals surface area contributed by atoms with Gasteiger partial charge < -0.3 is 0 Å². The van der Waals surface area contributed by atoms with Crippen molar-refractivity contribution >= 4 is 34.8 Å². The van der Waals surface area contributed by atoms with Crippen LogP contribution in [0, 0.1) is 5.82 Å². The summed E-state index contributed by atoms with van der Waals surface area (Å²) in [5, 5.41) is 0.809. The Kier molecular flexibility index (Phi) is 5.09. The molecule has 0 N–H and O–H groups in total. The molecule has 19 heavy (non-hydrogen) atoms. The summed E-state index contributed by atoms with van der Waals surface area (Å²) in [6.07, 6.45) is 0.651. The molecule has 0 heterocycles. The van der Waals surface area contributed by atoms with Crippen molar-refractivity contribution in [1.82, 2.24) is 0 Å². The lowest BCUT2D eigenvalue weighted by molar-refractivity contribution is 0.623. The quantitative estimate of drug-likeness (QED) is 0.635. The molecule has 4 heteroatoms. The fraction of sp³-hybridized carbons (Fsp3) is 0.200. The van der Waals surface area contributed by atoms with Gasteiger partial charge in [0.25, 0.3) is 0 Å². The lowest BCUT2D eigenvalue weighted by Crippen LogP contribution is -2.05. The summed E-state index contributed by atoms with van der Waals surface area (Å²) >= 11 is 17.7. The van der Waals surface area contributed by atoms with Gasteiger partial charge in [-0.1, -0.05) is 41.4 Å². The highest BCUT2D eigenvalue weighted by atomic mass is 35.5. The molecule has 0 radical (unpaired) electrons. The third-order valence-corrected chi connectivity index (χ3v) is 3.89. The Balaban J connectivity index is 2.21. The van der Waals surface area contributed by atoms with Crippen LogP contribution in [0.2, 0.25) is 10.0 Å². The van der Waals surface area contributed by atoms with Crippen LogP contribution in [-0.2, 0) is 6.42 Å². The maximum absolute atomic E-state index is 13.4. The number of benzene rings is 2. The molecule has 0 fully saturated rings. The summed E-state index contributed by atoms with van der Waals surface area (Å²) in [7, 11) is 0. The summed E-state index contributed by atoms with van der Waals surface area (Å²) < 4.78 is 13.4. The largest absolute Gasteiger partial charge is 0.205 e. The van der Waals surface area contributed by atoms with Gasteiger partial charge in [0, 0.05) is 16.8 Å². The minimum atomic E-state index is -0.404. The van der Waals surface area contributed by atoms with Crippen molar-refractivity contribution in [2.45, 2.75) is 12.3 Å². The first kappa shape index (κ1) is 14.6. The van der Waals surface area contributed by atoms with E-state index in [4.69, 9.17) is 34.8 Å². The fourth-order valence-electron chi connectivity index (χ4n) is 1.97. The second-order valence-corrected chi connectivity index (χ2v) is 5.51. The van der Waals surface area contributed by atoms with E-state index in [1.807, 2.05) is 30.3 Å². The molecular formula is C15H12Cl3F. The van der Waals surface area contributed by atoms with Gasteiger partial charge in [-0.2, -0.15) is 0 Å². The molecule has 1 unspecified atom stereocenters. The zero-order valence-electron chi connectivity index (χ0n) is 10.0. The Morgan fingerprint density at radius 2 is 1.84 bits per heavy atom. The normalized spacial score (nSPS) is 12.4. The lowest BCUT2D eigenvalue weighted by Gasteiger charge is -2.15. The standard InChI is InChI=1S/C15H12Cl3F/c16-9-12(11-2-1-3-13(17)8-11)6-10-4-5-14(18)15(19)7-10/h1-5,7-8,12H,6,9H2. The molecule has 0 bridgehead atoms. The maximum Gasteiger partial charge on any atom is 0.142 e. The van der Waals surface area contributed by atoms with Crippen LogP contribution in [0.25, 0.3) is 0 Å². The zero-order valence-corrected chi connectivity index (χ0v) is 12.3. The third kappa shape index (κ3) is 3.85. The number of alkyl halides is 1. The monoisotopic (exact) mass is 316 g/mol. The van der Waals surface area contributed by atoms with Crippen molar-refractivity contribution in [1.29, 1.82) is 0 Å². The molecule has 0 aromatic heterocycles. The van der Waals surface area contributed by atoms with E-state index in [2.05, 4.69) is 0 Å². The van der Waals surface area contributed by atoms with Crippen molar-refractivity contribution in [3.05, 3.63) is 69.5 Å². The highest BCUT2D eigenvalue weighted by Gasteiger charge is 2.13. The zero-order chi connectivity index (χ0) is 13.8. The van der Waals surface area contributed by atoms with E-state index in [0.29, 0.717) is 17.3 Å². The molecule has 0 nitrogen and oxygen atoms in total. The Morgan fingerprint density at radius 1 is 1.05 bits per heavy atom. The molecule has 2 rings (SSSR count). The van der Waals surface area contributed by atoms with Crippen LogP contribution in [0.1, 0.15) is 17.0 Å². The average molecular weight is 318 g/mol. The first-order valence-corrected chi connectivity index (χ1v) is 7.14. The summed E-state index contributed by atoms with van der Waals surface area (Å²) in [5.41, 5.74) is 1.92. The van der Waals surface area contributed by atoms with Gasteiger partial charge in [0.15, 0.2) is 0 Å². The highest BCUT2D eigenvalue weighted by molar-refractivity contribution is 6.31. The summed E-state index contributed by atoms with van der Waals surface area (Å²) in [6.45, 7) is 0. The van der Waals surface area contributed by atoms with Gasteiger partial charge in [0.1, 0.15) is 5.82 Å². The minimum Gasteiger partial charge on any atom is -0.205 e. The molecule has 0 aliphatic heterocycles. The van der Waals surface area contributed by atoms with Crippen molar-refractivity contribution in [3.63, 3.8) is 0 Å². The van der Waals surface area contributed by atoms with Crippen LogP contribution in [0.5, 0.6) is 0 Å². The Labute approximate surface area is 127 Å². The van der Waals surface area contributed by atoms with E-state index >= 15 is 0 Å². The number of hydrogen-bond donors (Lipinski definition) is 0. The first-order chi connectivity index (χ1) is 9.10. The van der Waals surface area contributed by atoms with Crippen LogP contribution in [0.4, 0.5) is 4.39 Å². The second-order valence-electron chi connectivity index (χ2n) is 4.36. The van der Waals surface area contributed by atoms with Crippen molar-refractivity contribution in [2.75, 3.05) is 5.88 Å². The fourth-order valence-corrected chi connectivity index (χ4v) is 2.58. The smallest absolute Gasteiger partial charge is 0.142 e. The number of halogens is 4. The highest BCUT2D eigenvalue weighted by Crippen LogP contribution is 2.26. The van der Waals surface area contributed by atoms with Gasteiger partial charge in [-0.25, -0.2) is 4.39 Å². The molecule has 2 aromatic rings. The molecule has 0 amide bonds. The van der Waals surface area contributed by atoms with E-state index in [1.165, 1.54) is 6.07 Å². The van der Waals surface area contributed by atoms with E-state index < -0.39 is 5.82 Å². The Bertz CT molecular complexity index is 569. The summed E-state index contributed by atoms with van der Waals surface area (Å²) in [4.78, 5) is 0. The van der Waals surface area contributed by atoms with Gasteiger partial charge in [-0.05, 0) is 41.8 Å².